The molecule has 0 bridgehead atoms. The molecule has 106 valence electrons. The minimum atomic E-state index is -5.08. The first-order valence-corrected chi connectivity index (χ1v) is 5.41. The van der Waals surface area contributed by atoms with Gasteiger partial charge in [0.25, 0.3) is 0 Å². The average Bonchev–Trinajstić information content (AvgIpc) is 2.14. The van der Waals surface area contributed by atoms with Gasteiger partial charge in [-0.1, -0.05) is 13.3 Å². The van der Waals surface area contributed by atoms with Crippen LogP contribution < -0.4 is 11.1 Å². The number of alkyl halides is 3. The maximum absolute atomic E-state index is 12.6. The molecule has 0 aliphatic rings. The lowest BCUT2D eigenvalue weighted by atomic mass is 10.0. The maximum Gasteiger partial charge on any atom is 0.422 e. The van der Waals surface area contributed by atoms with E-state index in [0.717, 1.165) is 0 Å². The second-order valence-electron chi connectivity index (χ2n) is 4.23. The summed E-state index contributed by atoms with van der Waals surface area (Å²) in [5, 5.41) is 10.1. The van der Waals surface area contributed by atoms with E-state index in [2.05, 4.69) is 0 Å². The van der Waals surface area contributed by atoms with Crippen LogP contribution in [0.1, 0.15) is 33.1 Å². The van der Waals surface area contributed by atoms with Gasteiger partial charge in [0, 0.05) is 12.5 Å². The van der Waals surface area contributed by atoms with Crippen LogP contribution in [0.5, 0.6) is 0 Å². The van der Waals surface area contributed by atoms with Gasteiger partial charge in [-0.15, -0.1) is 0 Å². The Hall–Kier alpha value is -1.31. The number of rotatable bonds is 6. The average molecular weight is 270 g/mol. The lowest BCUT2D eigenvalue weighted by Gasteiger charge is -2.29. The summed E-state index contributed by atoms with van der Waals surface area (Å²) in [4.78, 5) is 22.0. The molecule has 0 aromatic carbocycles. The molecule has 0 heterocycles. The Morgan fingerprint density at radius 2 is 1.89 bits per heavy atom. The van der Waals surface area contributed by atoms with Crippen molar-refractivity contribution in [3.63, 3.8) is 0 Å². The van der Waals surface area contributed by atoms with Crippen molar-refractivity contribution in [1.29, 1.82) is 0 Å². The zero-order chi connectivity index (χ0) is 14.6. The van der Waals surface area contributed by atoms with Crippen molar-refractivity contribution in [2.75, 3.05) is 0 Å². The van der Waals surface area contributed by atoms with Gasteiger partial charge in [0.05, 0.1) is 0 Å². The number of aliphatic carboxylic acids is 1. The predicted molar refractivity (Wildman–Crippen MR) is 57.7 cm³/mol. The van der Waals surface area contributed by atoms with Gasteiger partial charge in [-0.3, -0.25) is 4.79 Å². The van der Waals surface area contributed by atoms with Crippen molar-refractivity contribution in [2.24, 2.45) is 5.73 Å². The largest absolute Gasteiger partial charge is 0.479 e. The van der Waals surface area contributed by atoms with Crippen LogP contribution in [0.3, 0.4) is 0 Å². The van der Waals surface area contributed by atoms with Crippen LogP contribution in [0, 0.1) is 0 Å². The first kappa shape index (κ1) is 16.7. The van der Waals surface area contributed by atoms with E-state index in [1.165, 1.54) is 5.32 Å². The van der Waals surface area contributed by atoms with Gasteiger partial charge in [0.1, 0.15) is 0 Å². The number of carboxylic acids is 1. The minimum absolute atomic E-state index is 0.340. The molecule has 0 aliphatic heterocycles. The Labute approximate surface area is 103 Å². The normalized spacial score (nSPS) is 16.8. The van der Waals surface area contributed by atoms with Gasteiger partial charge in [0.15, 0.2) is 0 Å². The summed E-state index contributed by atoms with van der Waals surface area (Å²) in [6.07, 6.45) is -4.26. The van der Waals surface area contributed by atoms with Crippen molar-refractivity contribution >= 4 is 11.9 Å². The molecule has 1 amide bonds. The van der Waals surface area contributed by atoms with Crippen LogP contribution in [0.25, 0.3) is 0 Å². The summed E-state index contributed by atoms with van der Waals surface area (Å²) in [5.74, 6) is -3.19. The van der Waals surface area contributed by atoms with E-state index in [0.29, 0.717) is 19.8 Å². The van der Waals surface area contributed by atoms with Crippen molar-refractivity contribution in [3.05, 3.63) is 0 Å². The van der Waals surface area contributed by atoms with Crippen molar-refractivity contribution < 1.29 is 27.9 Å². The summed E-state index contributed by atoms with van der Waals surface area (Å²) in [7, 11) is 0. The number of carboxylic acid groups (broad SMARTS) is 1. The second kappa shape index (κ2) is 6.03. The van der Waals surface area contributed by atoms with Crippen molar-refractivity contribution in [1.82, 2.24) is 5.32 Å². The fourth-order valence-electron chi connectivity index (χ4n) is 1.29. The number of carbonyl (C=O) groups is 2. The topological polar surface area (TPSA) is 92.4 Å². The molecule has 18 heavy (non-hydrogen) atoms. The van der Waals surface area contributed by atoms with Crippen LogP contribution in [0.4, 0.5) is 13.2 Å². The zero-order valence-corrected chi connectivity index (χ0v) is 10.2. The van der Waals surface area contributed by atoms with Crippen molar-refractivity contribution in [3.8, 4) is 0 Å². The smallest absolute Gasteiger partial charge is 0.422 e. The Morgan fingerprint density at radius 1 is 1.39 bits per heavy atom. The molecular formula is C10H17F3N2O3. The SMILES string of the molecule is CCCC(N)CC(=O)NC(C)(C(=O)O)C(F)(F)F. The number of nitrogens with one attached hydrogen (secondary N) is 1. The Kier molecular flexibility index (Phi) is 5.59. The molecule has 0 aromatic heterocycles. The Bertz CT molecular complexity index is 320. The third kappa shape index (κ3) is 4.17. The van der Waals surface area contributed by atoms with Crippen LogP contribution in [-0.4, -0.2) is 34.7 Å². The third-order valence-corrected chi connectivity index (χ3v) is 2.49. The van der Waals surface area contributed by atoms with Gasteiger partial charge < -0.3 is 16.2 Å². The lowest BCUT2D eigenvalue weighted by molar-refractivity contribution is -0.207. The maximum atomic E-state index is 12.6. The molecular weight excluding hydrogens is 253 g/mol. The fourth-order valence-corrected chi connectivity index (χ4v) is 1.29. The van der Waals surface area contributed by atoms with Crippen LogP contribution in [-0.2, 0) is 9.59 Å². The highest BCUT2D eigenvalue weighted by Gasteiger charge is 2.58. The first-order valence-electron chi connectivity index (χ1n) is 5.41. The molecule has 2 unspecified atom stereocenters. The van der Waals surface area contributed by atoms with Crippen molar-refractivity contribution in [2.45, 2.75) is 50.9 Å². The highest BCUT2D eigenvalue weighted by molar-refractivity contribution is 5.87. The summed E-state index contributed by atoms with van der Waals surface area (Å²) < 4.78 is 37.7. The molecule has 0 saturated carbocycles. The highest BCUT2D eigenvalue weighted by atomic mass is 19.4. The summed E-state index contributed by atoms with van der Waals surface area (Å²) in [6.45, 7) is 2.22. The minimum Gasteiger partial charge on any atom is -0.479 e. The second-order valence-corrected chi connectivity index (χ2v) is 4.23. The fraction of sp³-hybridized carbons (Fsp3) is 0.800. The van der Waals surface area contributed by atoms with Crippen LogP contribution in [0.2, 0.25) is 0 Å². The molecule has 4 N–H and O–H groups in total. The molecule has 0 rings (SSSR count). The highest BCUT2D eigenvalue weighted by Crippen LogP contribution is 2.30. The first-order chi connectivity index (χ1) is 8.04. The van der Waals surface area contributed by atoms with Crippen LogP contribution in [0.15, 0.2) is 0 Å². The van der Waals surface area contributed by atoms with E-state index in [4.69, 9.17) is 10.8 Å². The quantitative estimate of drug-likeness (QED) is 0.672. The van der Waals surface area contributed by atoms with E-state index in [9.17, 15) is 22.8 Å². The molecule has 8 heteroatoms. The molecule has 0 aliphatic carbocycles. The van der Waals surface area contributed by atoms with Gasteiger partial charge in [0.2, 0.25) is 11.4 Å². The number of hydrogen-bond acceptors (Lipinski definition) is 3. The Balaban J connectivity index is 4.73. The van der Waals surface area contributed by atoms with Crippen LogP contribution >= 0.6 is 0 Å². The number of carbonyl (C=O) groups excluding carboxylic acids is 1. The van der Waals surface area contributed by atoms with Gasteiger partial charge >= 0.3 is 12.1 Å². The summed E-state index contributed by atoms with van der Waals surface area (Å²) in [5.41, 5.74) is 2.20. The van der Waals surface area contributed by atoms with Gasteiger partial charge in [-0.2, -0.15) is 13.2 Å². The third-order valence-electron chi connectivity index (χ3n) is 2.49. The van der Waals surface area contributed by atoms with E-state index in [-0.39, 0.29) is 6.42 Å². The summed E-state index contributed by atoms with van der Waals surface area (Å²) in [6, 6.07) is -0.582. The van der Waals surface area contributed by atoms with E-state index < -0.39 is 29.6 Å². The molecule has 0 fully saturated rings. The Morgan fingerprint density at radius 3 is 2.22 bits per heavy atom. The monoisotopic (exact) mass is 270 g/mol. The standard InChI is InChI=1S/C10H17F3N2O3/c1-3-4-6(14)5-7(16)15-9(2,8(17)18)10(11,12)13/h6H,3-5,14H2,1-2H3,(H,15,16)(H,17,18). The van der Waals surface area contributed by atoms with Gasteiger partial charge in [-0.25, -0.2) is 4.79 Å². The van der Waals surface area contributed by atoms with E-state index in [1.807, 2.05) is 6.92 Å². The number of halogens is 3. The molecule has 5 nitrogen and oxygen atoms in total. The molecule has 0 aromatic rings. The zero-order valence-electron chi connectivity index (χ0n) is 10.2. The number of hydrogen-bond donors (Lipinski definition) is 3. The molecule has 0 spiro atoms. The molecule has 0 radical (unpaired) electrons. The van der Waals surface area contributed by atoms with E-state index in [1.54, 1.807) is 0 Å². The predicted octanol–water partition coefficient (Wildman–Crippen LogP) is 1.03. The molecule has 0 saturated heterocycles. The molecule has 2 atom stereocenters. The van der Waals surface area contributed by atoms with E-state index >= 15 is 0 Å². The number of amides is 1. The summed E-state index contributed by atoms with van der Waals surface area (Å²) >= 11 is 0. The van der Waals surface area contributed by atoms with Gasteiger partial charge in [-0.05, 0) is 13.3 Å². The lowest BCUT2D eigenvalue weighted by Crippen LogP contribution is -2.62. The number of nitrogens with two attached hydrogens (primary N) is 1.